The maximum absolute atomic E-state index is 5.70. The fourth-order valence-electron chi connectivity index (χ4n) is 3.27. The van der Waals surface area contributed by atoms with Crippen molar-refractivity contribution in [2.45, 2.75) is 6.67 Å². The predicted octanol–water partition coefficient (Wildman–Crippen LogP) is 1.06. The van der Waals surface area contributed by atoms with Crippen molar-refractivity contribution in [2.75, 3.05) is 38.2 Å². The molecule has 1 aliphatic rings. The molecule has 0 amide bonds. The maximum atomic E-state index is 5.70. The van der Waals surface area contributed by atoms with E-state index in [2.05, 4.69) is 27.1 Å². The van der Waals surface area contributed by atoms with Crippen molar-refractivity contribution in [1.29, 1.82) is 0 Å². The first-order valence-corrected chi connectivity index (χ1v) is 9.41. The van der Waals surface area contributed by atoms with Crippen molar-refractivity contribution in [3.8, 4) is 17.2 Å². The van der Waals surface area contributed by atoms with Gasteiger partial charge in [-0.25, -0.2) is 4.98 Å². The molecule has 7 nitrogen and oxygen atoms in total. The van der Waals surface area contributed by atoms with E-state index in [9.17, 15) is 0 Å². The number of nitrogens with zero attached hydrogens (tertiary/aromatic N) is 3. The lowest BCUT2D eigenvalue weighted by Gasteiger charge is -2.27. The van der Waals surface area contributed by atoms with Crippen LogP contribution in [0.25, 0.3) is 11.5 Å². The minimum absolute atomic E-state index is 0.409. The Morgan fingerprint density at radius 3 is 2.63 bits per heavy atom. The summed E-state index contributed by atoms with van der Waals surface area (Å²) in [5, 5.41) is 4.57. The van der Waals surface area contributed by atoms with Crippen LogP contribution in [-0.4, -0.2) is 43.1 Å². The molecule has 0 atom stereocenters. The molecule has 3 aromatic rings. The molecule has 0 radical (unpaired) electrons. The minimum Gasteiger partial charge on any atom is -0.497 e. The SMILES string of the molecule is COc1ccc(-c2nn(C[NH+]3CCN(c4cccc[nH+]4)CC3)c(=S)o2)cc1. The summed E-state index contributed by atoms with van der Waals surface area (Å²) in [5.41, 5.74) is 0.889. The number of rotatable bonds is 5. The van der Waals surface area contributed by atoms with Gasteiger partial charge in [-0.1, -0.05) is 6.07 Å². The average Bonchev–Trinajstić information content (AvgIpc) is 3.09. The van der Waals surface area contributed by atoms with Gasteiger partial charge in [-0.15, -0.1) is 5.10 Å². The molecule has 1 fully saturated rings. The molecule has 27 heavy (non-hydrogen) atoms. The Morgan fingerprint density at radius 1 is 1.19 bits per heavy atom. The lowest BCUT2D eigenvalue weighted by atomic mass is 10.2. The summed E-state index contributed by atoms with van der Waals surface area (Å²) in [5.74, 6) is 2.51. The molecule has 0 spiro atoms. The molecule has 2 aromatic heterocycles. The van der Waals surface area contributed by atoms with Gasteiger partial charge in [0.2, 0.25) is 5.89 Å². The quantitative estimate of drug-likeness (QED) is 0.666. The molecule has 0 aliphatic carbocycles. The van der Waals surface area contributed by atoms with Gasteiger partial charge in [0, 0.05) is 11.6 Å². The predicted molar refractivity (Wildman–Crippen MR) is 103 cm³/mol. The topological polar surface area (TPSA) is 62.0 Å². The second kappa shape index (κ2) is 7.89. The molecule has 8 heteroatoms. The van der Waals surface area contributed by atoms with E-state index in [0.717, 1.165) is 43.3 Å². The lowest BCUT2D eigenvalue weighted by molar-refractivity contribution is -0.924. The molecule has 4 rings (SSSR count). The number of quaternary nitrogens is 1. The molecule has 3 heterocycles. The van der Waals surface area contributed by atoms with E-state index in [1.165, 1.54) is 4.90 Å². The Bertz CT molecular complexity index is 931. The monoisotopic (exact) mass is 385 g/mol. The van der Waals surface area contributed by atoms with Crippen molar-refractivity contribution in [2.24, 2.45) is 0 Å². The largest absolute Gasteiger partial charge is 0.497 e. The number of piperazine rings is 1. The number of benzene rings is 1. The fourth-order valence-corrected chi connectivity index (χ4v) is 3.46. The van der Waals surface area contributed by atoms with Gasteiger partial charge < -0.3 is 14.1 Å². The van der Waals surface area contributed by atoms with E-state index in [0.29, 0.717) is 17.4 Å². The van der Waals surface area contributed by atoms with Crippen molar-refractivity contribution < 1.29 is 19.0 Å². The summed E-state index contributed by atoms with van der Waals surface area (Å²) < 4.78 is 12.7. The summed E-state index contributed by atoms with van der Waals surface area (Å²) >= 11 is 5.37. The molecule has 0 bridgehead atoms. The van der Waals surface area contributed by atoms with E-state index < -0.39 is 0 Å². The Morgan fingerprint density at radius 2 is 1.96 bits per heavy atom. The van der Waals surface area contributed by atoms with Gasteiger partial charge in [0.25, 0.3) is 10.7 Å². The van der Waals surface area contributed by atoms with E-state index in [-0.39, 0.29) is 0 Å². The summed E-state index contributed by atoms with van der Waals surface area (Å²) in [6, 6.07) is 13.8. The van der Waals surface area contributed by atoms with Crippen LogP contribution in [0.4, 0.5) is 5.82 Å². The minimum atomic E-state index is 0.409. The number of methoxy groups -OCH3 is 1. The Balaban J connectivity index is 1.40. The number of ether oxygens (including phenoxy) is 1. The van der Waals surface area contributed by atoms with E-state index >= 15 is 0 Å². The number of aromatic amines is 1. The first kappa shape index (κ1) is 17.7. The third kappa shape index (κ3) is 4.01. The number of hydrogen-bond acceptors (Lipinski definition) is 5. The second-order valence-corrected chi connectivity index (χ2v) is 6.89. The van der Waals surface area contributed by atoms with Gasteiger partial charge in [-0.3, -0.25) is 4.90 Å². The van der Waals surface area contributed by atoms with E-state index in [1.54, 1.807) is 11.8 Å². The molecule has 0 saturated carbocycles. The zero-order chi connectivity index (χ0) is 18.6. The third-order valence-corrected chi connectivity index (χ3v) is 5.11. The Labute approximate surface area is 162 Å². The number of aromatic nitrogens is 3. The maximum Gasteiger partial charge on any atom is 0.292 e. The van der Waals surface area contributed by atoms with Crippen LogP contribution >= 0.6 is 12.2 Å². The molecule has 1 aromatic carbocycles. The highest BCUT2D eigenvalue weighted by molar-refractivity contribution is 7.71. The highest BCUT2D eigenvalue weighted by atomic mass is 32.1. The molecule has 140 valence electrons. The van der Waals surface area contributed by atoms with Gasteiger partial charge in [-0.05, 0) is 42.5 Å². The number of nitrogens with one attached hydrogen (secondary N) is 2. The van der Waals surface area contributed by atoms with Crippen molar-refractivity contribution >= 4 is 18.0 Å². The Hall–Kier alpha value is -2.71. The number of pyridine rings is 1. The van der Waals surface area contributed by atoms with E-state index in [4.69, 9.17) is 21.4 Å². The van der Waals surface area contributed by atoms with Crippen molar-refractivity contribution in [3.63, 3.8) is 0 Å². The average molecular weight is 385 g/mol. The highest BCUT2D eigenvalue weighted by Crippen LogP contribution is 2.21. The molecular formula is C19H23N5O2S+2. The van der Waals surface area contributed by atoms with Crippen molar-refractivity contribution in [1.82, 2.24) is 9.78 Å². The molecule has 1 aliphatic heterocycles. The normalized spacial score (nSPS) is 15.1. The molecule has 1 saturated heterocycles. The van der Waals surface area contributed by atoms with Gasteiger partial charge in [0.15, 0.2) is 6.67 Å². The third-order valence-electron chi connectivity index (χ3n) is 4.82. The fraction of sp³-hybridized carbons (Fsp3) is 0.316. The zero-order valence-corrected chi connectivity index (χ0v) is 16.0. The first-order valence-electron chi connectivity index (χ1n) is 9.00. The molecule has 0 unspecified atom stereocenters. The van der Waals surface area contributed by atoms with E-state index in [1.807, 2.05) is 36.5 Å². The highest BCUT2D eigenvalue weighted by Gasteiger charge is 2.26. The van der Waals surface area contributed by atoms with Gasteiger partial charge >= 0.3 is 0 Å². The second-order valence-electron chi connectivity index (χ2n) is 6.54. The van der Waals surface area contributed by atoms with Crippen LogP contribution in [0.15, 0.2) is 53.1 Å². The van der Waals surface area contributed by atoms with Crippen LogP contribution in [0.1, 0.15) is 0 Å². The van der Waals surface area contributed by atoms with Gasteiger partial charge in [0.1, 0.15) is 31.9 Å². The van der Waals surface area contributed by atoms with Crippen LogP contribution in [0, 0.1) is 4.84 Å². The smallest absolute Gasteiger partial charge is 0.292 e. The summed E-state index contributed by atoms with van der Waals surface area (Å²) in [6.07, 6.45) is 1.96. The number of H-pyrrole nitrogens is 1. The van der Waals surface area contributed by atoms with Gasteiger partial charge in [0.05, 0.1) is 13.3 Å². The summed E-state index contributed by atoms with van der Waals surface area (Å²) in [4.78, 5) is 7.52. The van der Waals surface area contributed by atoms with Crippen LogP contribution in [0.3, 0.4) is 0 Å². The standard InChI is InChI=1S/C19H21N5O2S/c1-25-16-7-5-15(6-8-16)18-21-24(19(27)26-18)14-22-10-12-23(13-11-22)17-4-2-3-9-20-17/h2-9H,10-14H2,1H3/p+2. The van der Waals surface area contributed by atoms with Crippen LogP contribution in [-0.2, 0) is 6.67 Å². The summed E-state index contributed by atoms with van der Waals surface area (Å²) in [7, 11) is 1.65. The number of hydrogen-bond donors (Lipinski definition) is 1. The Kier molecular flexibility index (Phi) is 5.17. The summed E-state index contributed by atoms with van der Waals surface area (Å²) in [6.45, 7) is 4.74. The van der Waals surface area contributed by atoms with Crippen LogP contribution in [0.2, 0.25) is 0 Å². The lowest BCUT2D eigenvalue weighted by Crippen LogP contribution is -3.14. The van der Waals surface area contributed by atoms with Crippen LogP contribution < -0.4 is 19.5 Å². The van der Waals surface area contributed by atoms with Gasteiger partial charge in [-0.2, -0.15) is 4.68 Å². The zero-order valence-electron chi connectivity index (χ0n) is 15.2. The molecule has 2 N–H and O–H groups in total. The molecular weight excluding hydrogens is 362 g/mol. The first-order chi connectivity index (χ1) is 13.2. The number of anilines is 1. The van der Waals surface area contributed by atoms with Crippen molar-refractivity contribution in [3.05, 3.63) is 53.5 Å². The van der Waals surface area contributed by atoms with Crippen LogP contribution in [0.5, 0.6) is 5.75 Å².